The van der Waals surface area contributed by atoms with Crippen molar-refractivity contribution >= 4 is 33.5 Å². The first-order chi connectivity index (χ1) is 27.1. The van der Waals surface area contributed by atoms with E-state index in [1.165, 1.54) is 11.1 Å². The SMILES string of the molecule is O=C([O][Ti]1([O]C(=O)c2cccc3ccccc23)[CH]2c3ccccc3-c3cccc(c32)CCc2cccc3c2[CH]1c1ccccc1-3)c1cccc2ccccc12. The van der Waals surface area contributed by atoms with Gasteiger partial charge in [0.1, 0.15) is 0 Å². The number of carbonyl (C=O) groups is 2. The molecule has 1 aliphatic heterocycles. The Labute approximate surface area is 323 Å². The molecule has 0 fully saturated rings. The Balaban J connectivity index is 1.26. The molecule has 8 aromatic carbocycles. The van der Waals surface area contributed by atoms with Gasteiger partial charge in [-0.3, -0.25) is 0 Å². The van der Waals surface area contributed by atoms with E-state index in [4.69, 9.17) is 6.64 Å². The fraction of sp³-hybridized carbons (Fsp3) is 0.0800. The van der Waals surface area contributed by atoms with Gasteiger partial charge in [-0.2, -0.15) is 0 Å². The van der Waals surface area contributed by atoms with Gasteiger partial charge >= 0.3 is 325 Å². The van der Waals surface area contributed by atoms with Gasteiger partial charge in [0.15, 0.2) is 0 Å². The molecule has 5 heteroatoms. The third kappa shape index (κ3) is 4.81. The van der Waals surface area contributed by atoms with E-state index in [2.05, 4.69) is 84.9 Å². The van der Waals surface area contributed by atoms with Crippen LogP contribution in [0.1, 0.15) is 62.5 Å². The average molecular weight is 747 g/mol. The minimum atomic E-state index is -5.18. The molecule has 0 aromatic heterocycles. The van der Waals surface area contributed by atoms with Gasteiger partial charge in [-0.25, -0.2) is 0 Å². The Morgan fingerprint density at radius 2 is 0.800 bits per heavy atom. The van der Waals surface area contributed by atoms with Crippen molar-refractivity contribution in [1.29, 1.82) is 0 Å². The number of hydrogen-bond donors (Lipinski definition) is 0. The zero-order valence-electron chi connectivity index (χ0n) is 29.9. The first-order valence-electron chi connectivity index (χ1n) is 18.9. The fourth-order valence-electron chi connectivity index (χ4n) is 9.85. The van der Waals surface area contributed by atoms with E-state index in [-0.39, 0.29) is 0 Å². The quantitative estimate of drug-likeness (QED) is 0.168. The van der Waals surface area contributed by atoms with Gasteiger partial charge in [-0.05, 0) is 0 Å². The van der Waals surface area contributed by atoms with Gasteiger partial charge < -0.3 is 0 Å². The Hall–Kier alpha value is -6.07. The molecule has 0 radical (unpaired) electrons. The van der Waals surface area contributed by atoms with Crippen molar-refractivity contribution < 1.29 is 33.6 Å². The van der Waals surface area contributed by atoms with Crippen LogP contribution >= 0.6 is 0 Å². The summed E-state index contributed by atoms with van der Waals surface area (Å²) in [6.45, 7) is 0. The molecule has 2 atom stereocenters. The van der Waals surface area contributed by atoms with Crippen LogP contribution in [-0.4, -0.2) is 11.9 Å². The van der Waals surface area contributed by atoms with Gasteiger partial charge in [0, 0.05) is 0 Å². The molecule has 55 heavy (non-hydrogen) atoms. The molecule has 0 N–H and O–H groups in total. The van der Waals surface area contributed by atoms with E-state index < -0.39 is 37.7 Å². The van der Waals surface area contributed by atoms with Crippen LogP contribution in [0.25, 0.3) is 43.8 Å². The fourth-order valence-corrected chi connectivity index (χ4v) is 16.9. The molecular weight excluding hydrogens is 712 g/mol. The molecule has 0 bridgehead atoms. The van der Waals surface area contributed by atoms with Crippen LogP contribution in [0.2, 0.25) is 0 Å². The molecule has 2 aliphatic carbocycles. The molecule has 8 aromatic rings. The van der Waals surface area contributed by atoms with Crippen LogP contribution in [0.5, 0.6) is 0 Å². The molecule has 11 rings (SSSR count). The molecule has 0 saturated heterocycles. The molecule has 0 saturated carbocycles. The summed E-state index contributed by atoms with van der Waals surface area (Å²) in [4.78, 5) is 30.8. The van der Waals surface area contributed by atoms with Gasteiger partial charge in [0.2, 0.25) is 0 Å². The van der Waals surface area contributed by atoms with Gasteiger partial charge in [0.05, 0.1) is 0 Å². The summed E-state index contributed by atoms with van der Waals surface area (Å²) in [5.41, 5.74) is 12.1. The summed E-state index contributed by atoms with van der Waals surface area (Å²) < 4.78 is 14.0. The van der Waals surface area contributed by atoms with E-state index in [1.54, 1.807) is 0 Å². The standard InChI is InChI=1S/C28H20.2C11H8O2.Ti/c1-3-11-23-21(7-1)17-27-19(9-5-13-25(23)27)15-16-20-10-6-14-26-24-12-4-2-8-22(24)18-28(20)26;2*12-11(13)10-7-3-5-8-4-1-2-6-9(8)10;/h1-14,17-18H,15-16H2;2*1-7H,(H,12,13);/q;;;+2/p-2. The number of carbonyl (C=O) groups excluding carboxylic acids is 2. The second-order valence-electron chi connectivity index (χ2n) is 14.9. The predicted molar refractivity (Wildman–Crippen MR) is 214 cm³/mol. The maximum absolute atomic E-state index is 15.4. The topological polar surface area (TPSA) is 52.6 Å². The second kappa shape index (κ2) is 12.5. The van der Waals surface area contributed by atoms with Crippen LogP contribution in [0.3, 0.4) is 0 Å². The third-order valence-electron chi connectivity index (χ3n) is 12.1. The predicted octanol–water partition coefficient (Wildman–Crippen LogP) is 11.6. The zero-order chi connectivity index (χ0) is 36.7. The van der Waals surface area contributed by atoms with Gasteiger partial charge in [-0.15, -0.1) is 0 Å². The van der Waals surface area contributed by atoms with Crippen molar-refractivity contribution in [1.82, 2.24) is 0 Å². The molecule has 2 unspecified atom stereocenters. The third-order valence-corrected chi connectivity index (χ3v) is 18.0. The first kappa shape index (κ1) is 32.4. The summed E-state index contributed by atoms with van der Waals surface area (Å²) >= 11 is -5.18. The molecule has 0 amide bonds. The average Bonchev–Trinajstić information content (AvgIpc) is 3.78. The van der Waals surface area contributed by atoms with Crippen molar-refractivity contribution in [3.05, 3.63) is 214 Å². The molecule has 262 valence electrons. The van der Waals surface area contributed by atoms with Crippen molar-refractivity contribution in [2.24, 2.45) is 0 Å². The van der Waals surface area contributed by atoms with Crippen molar-refractivity contribution in [2.45, 2.75) is 21.3 Å². The first-order valence-corrected chi connectivity index (χ1v) is 22.0. The van der Waals surface area contributed by atoms with E-state index >= 15 is 9.59 Å². The molecule has 0 spiro atoms. The van der Waals surface area contributed by atoms with Crippen molar-refractivity contribution in [2.75, 3.05) is 0 Å². The number of rotatable bonds is 4. The normalized spacial score (nSPS) is 16.9. The van der Waals surface area contributed by atoms with E-state index in [1.807, 2.05) is 84.9 Å². The summed E-state index contributed by atoms with van der Waals surface area (Å²) in [5.74, 6) is -0.929. The van der Waals surface area contributed by atoms with Crippen molar-refractivity contribution in [3.63, 3.8) is 0 Å². The van der Waals surface area contributed by atoms with E-state index in [9.17, 15) is 0 Å². The number of benzene rings is 8. The molecule has 4 nitrogen and oxygen atoms in total. The van der Waals surface area contributed by atoms with Crippen LogP contribution in [0.15, 0.2) is 170 Å². The second-order valence-corrected chi connectivity index (χ2v) is 19.5. The van der Waals surface area contributed by atoms with Crippen LogP contribution in [0.4, 0.5) is 0 Å². The van der Waals surface area contributed by atoms with E-state index in [0.717, 1.165) is 78.9 Å². The summed E-state index contributed by atoms with van der Waals surface area (Å²) in [7, 11) is 0. The minimum absolute atomic E-state index is 0.462. The van der Waals surface area contributed by atoms with E-state index in [0.29, 0.717) is 11.1 Å². The molecular formula is C50H34O4Ti. The number of hydrogen-bond acceptors (Lipinski definition) is 4. The van der Waals surface area contributed by atoms with Crippen molar-refractivity contribution in [3.8, 4) is 22.3 Å². The summed E-state index contributed by atoms with van der Waals surface area (Å²) in [5, 5.41) is 3.49. The number of aryl methyl sites for hydroxylation is 2. The maximum atomic E-state index is 15.4. The van der Waals surface area contributed by atoms with Crippen LogP contribution < -0.4 is 0 Å². The Kier molecular flexibility index (Phi) is 7.35. The molecule has 1 heterocycles. The number of fused-ring (bicyclic) bond motifs is 8. The van der Waals surface area contributed by atoms with Crippen LogP contribution in [0, 0.1) is 0 Å². The van der Waals surface area contributed by atoms with Crippen LogP contribution in [-0.2, 0) is 36.8 Å². The Bertz CT molecular complexity index is 2700. The monoisotopic (exact) mass is 746 g/mol. The zero-order valence-corrected chi connectivity index (χ0v) is 31.4. The molecule has 3 aliphatic rings. The van der Waals surface area contributed by atoms with Gasteiger partial charge in [0.25, 0.3) is 0 Å². The Morgan fingerprint density at radius 3 is 1.29 bits per heavy atom. The summed E-state index contributed by atoms with van der Waals surface area (Å²) in [6.07, 6.45) is 1.61. The Morgan fingerprint density at radius 1 is 0.418 bits per heavy atom. The van der Waals surface area contributed by atoms with Gasteiger partial charge in [-0.1, -0.05) is 0 Å². The summed E-state index contributed by atoms with van der Waals surface area (Å²) in [6, 6.07) is 57.3.